The Kier molecular flexibility index (Phi) is 8.93. The molecule has 1 fully saturated rings. The van der Waals surface area contributed by atoms with Crippen molar-refractivity contribution in [2.75, 3.05) is 0 Å². The Balaban J connectivity index is 0.00000341. The molecule has 31 heavy (non-hydrogen) atoms. The molecule has 3 rings (SSSR count). The fourth-order valence-electron chi connectivity index (χ4n) is 3.24. The number of β-lactam (4-membered cyclic amide) rings is 1. The second-order valence-electron chi connectivity index (χ2n) is 6.85. The Labute approximate surface area is 207 Å². The Morgan fingerprint density at radius 1 is 1.13 bits per heavy atom. The van der Waals surface area contributed by atoms with Gasteiger partial charge in [0.1, 0.15) is 5.37 Å². The van der Waals surface area contributed by atoms with E-state index in [1.807, 2.05) is 60.7 Å². The van der Waals surface area contributed by atoms with Gasteiger partial charge in [0.15, 0.2) is 21.3 Å². The van der Waals surface area contributed by atoms with E-state index in [0.717, 1.165) is 16.0 Å². The molecule has 2 atom stereocenters. The summed E-state index contributed by atoms with van der Waals surface area (Å²) in [5.74, 6) is -1.20. The molecule has 0 aromatic heterocycles. The topological polar surface area (TPSA) is 104 Å². The molecule has 0 saturated carbocycles. The molecule has 0 aliphatic carbocycles. The van der Waals surface area contributed by atoms with Crippen LogP contribution in [0.4, 0.5) is 0 Å². The maximum Gasteiger partial charge on any atom is 1.00 e. The predicted octanol–water partition coefficient (Wildman–Crippen LogP) is 0.0197. The normalized spacial score (nSPS) is 16.8. The maximum atomic E-state index is 13.1. The summed E-state index contributed by atoms with van der Waals surface area (Å²) in [6, 6.07) is 17.0. The van der Waals surface area contributed by atoms with Gasteiger partial charge in [-0.25, -0.2) is 13.2 Å². The van der Waals surface area contributed by atoms with E-state index in [0.29, 0.717) is 5.57 Å². The first-order valence-electron chi connectivity index (χ1n) is 9.08. The van der Waals surface area contributed by atoms with Crippen molar-refractivity contribution in [3.05, 3.63) is 83.9 Å². The third-order valence-electron chi connectivity index (χ3n) is 4.58. The van der Waals surface area contributed by atoms with Crippen molar-refractivity contribution in [1.82, 2.24) is 4.90 Å². The molecule has 0 radical (unpaired) electrons. The average Bonchev–Trinajstić information content (AvgIpc) is 2.69. The number of hydrogen-bond acceptors (Lipinski definition) is 7. The molecule has 1 saturated heterocycles. The summed E-state index contributed by atoms with van der Waals surface area (Å²) in [4.78, 5) is 26.3. The van der Waals surface area contributed by atoms with Crippen LogP contribution < -0.4 is 29.6 Å². The zero-order chi connectivity index (χ0) is 21.9. The number of esters is 1. The molecular formula is C21H20NNaO6S2. The Morgan fingerprint density at radius 3 is 2.00 bits per heavy atom. The number of nitrogens with zero attached hydrogens (tertiary/aromatic N) is 1. The summed E-state index contributed by atoms with van der Waals surface area (Å²) in [6.07, 6.45) is -0.878. The van der Waals surface area contributed by atoms with Crippen molar-refractivity contribution in [3.8, 4) is 0 Å². The molecule has 1 aliphatic heterocycles. The van der Waals surface area contributed by atoms with Gasteiger partial charge in [-0.2, -0.15) is 0 Å². The van der Waals surface area contributed by atoms with Crippen LogP contribution in [0.5, 0.6) is 0 Å². The molecule has 1 heterocycles. The Hall–Kier alpha value is -1.62. The van der Waals surface area contributed by atoms with Crippen LogP contribution in [-0.2, 0) is 23.5 Å². The minimum Gasteiger partial charge on any atom is -0.739 e. The SMILES string of the molecule is C=C(C)[C@H](C(=O)OC(c1ccccc1)c1ccccc1)N1C(=O)C[C@H]1SS(=O)(=O)[O-].[Na+]. The number of ether oxygens (including phenoxy) is 1. The van der Waals surface area contributed by atoms with Crippen molar-refractivity contribution in [2.45, 2.75) is 30.9 Å². The first-order chi connectivity index (χ1) is 14.2. The van der Waals surface area contributed by atoms with Crippen LogP contribution in [0.2, 0.25) is 0 Å². The quantitative estimate of drug-likeness (QED) is 0.134. The molecule has 0 unspecified atom stereocenters. The largest absolute Gasteiger partial charge is 1.00 e. The predicted molar refractivity (Wildman–Crippen MR) is 112 cm³/mol. The van der Waals surface area contributed by atoms with Crippen LogP contribution in [0.15, 0.2) is 72.8 Å². The molecule has 10 heteroatoms. The zero-order valence-electron chi connectivity index (χ0n) is 17.1. The van der Waals surface area contributed by atoms with Crippen LogP contribution in [0, 0.1) is 0 Å². The van der Waals surface area contributed by atoms with Gasteiger partial charge in [-0.3, -0.25) is 4.79 Å². The van der Waals surface area contributed by atoms with Crippen molar-refractivity contribution in [2.24, 2.45) is 0 Å². The third-order valence-corrected chi connectivity index (χ3v) is 6.81. The van der Waals surface area contributed by atoms with Gasteiger partial charge in [-0.15, -0.1) is 0 Å². The van der Waals surface area contributed by atoms with E-state index in [1.165, 1.54) is 0 Å². The molecule has 158 valence electrons. The summed E-state index contributed by atoms with van der Waals surface area (Å²) in [7, 11) is -4.54. The van der Waals surface area contributed by atoms with E-state index in [-0.39, 0.29) is 46.8 Å². The Morgan fingerprint density at radius 2 is 1.61 bits per heavy atom. The van der Waals surface area contributed by atoms with Gasteiger partial charge in [0.2, 0.25) is 5.91 Å². The van der Waals surface area contributed by atoms with Gasteiger partial charge in [-0.1, -0.05) is 67.2 Å². The Bertz CT molecular complexity index is 1010. The standard InChI is InChI=1S/C21H21NO6S2.Na/c1-14(2)19(22-17(23)13-18(22)29-30(25,26)27)21(24)28-20(15-9-5-3-6-10-15)16-11-7-4-8-12-16;/h3-12,18-20H,1,13H2,2H3,(H,25,26,27);/q;+1/p-1/t18-,19-;/m1./s1. The first-order valence-corrected chi connectivity index (χ1v) is 11.9. The zero-order valence-corrected chi connectivity index (χ0v) is 20.8. The maximum absolute atomic E-state index is 13.1. The molecule has 7 nitrogen and oxygen atoms in total. The van der Waals surface area contributed by atoms with Crippen LogP contribution >= 0.6 is 10.8 Å². The molecular weight excluding hydrogens is 449 g/mol. The van der Waals surface area contributed by atoms with Crippen molar-refractivity contribution in [1.29, 1.82) is 0 Å². The third kappa shape index (κ3) is 6.44. The minimum absolute atomic E-state index is 0. The van der Waals surface area contributed by atoms with E-state index >= 15 is 0 Å². The van der Waals surface area contributed by atoms with Gasteiger partial charge in [0.05, 0.1) is 6.42 Å². The number of carbonyl (C=O) groups is 2. The fraction of sp³-hybridized carbons (Fsp3) is 0.238. The number of amides is 1. The summed E-state index contributed by atoms with van der Waals surface area (Å²) >= 11 is 0. The van der Waals surface area contributed by atoms with Gasteiger partial charge >= 0.3 is 35.5 Å². The summed E-state index contributed by atoms with van der Waals surface area (Å²) < 4.78 is 39.2. The van der Waals surface area contributed by atoms with E-state index in [9.17, 15) is 22.6 Å². The van der Waals surface area contributed by atoms with E-state index < -0.39 is 38.5 Å². The van der Waals surface area contributed by atoms with E-state index in [2.05, 4.69) is 6.58 Å². The molecule has 0 N–H and O–H groups in total. The molecule has 1 aliphatic rings. The molecule has 0 bridgehead atoms. The number of hydrogen-bond donors (Lipinski definition) is 0. The van der Waals surface area contributed by atoms with Gasteiger partial charge in [0.25, 0.3) is 0 Å². The number of rotatable bonds is 8. The van der Waals surface area contributed by atoms with Crippen molar-refractivity contribution >= 4 is 31.8 Å². The van der Waals surface area contributed by atoms with Crippen molar-refractivity contribution in [3.63, 3.8) is 0 Å². The molecule has 1 amide bonds. The van der Waals surface area contributed by atoms with Crippen LogP contribution in [0.1, 0.15) is 30.6 Å². The summed E-state index contributed by atoms with van der Waals surface area (Å²) in [6.45, 7) is 5.31. The van der Waals surface area contributed by atoms with Crippen LogP contribution in [0.25, 0.3) is 0 Å². The monoisotopic (exact) mass is 469 g/mol. The summed E-state index contributed by atoms with van der Waals surface area (Å²) in [5, 5.41) is -0.957. The molecule has 2 aromatic carbocycles. The second kappa shape index (κ2) is 10.8. The average molecular weight is 470 g/mol. The van der Waals surface area contributed by atoms with Gasteiger partial charge in [-0.05, 0) is 34.4 Å². The fourth-order valence-corrected chi connectivity index (χ4v) is 5.36. The van der Waals surface area contributed by atoms with Gasteiger partial charge in [0, 0.05) is 0 Å². The summed E-state index contributed by atoms with van der Waals surface area (Å²) in [5.41, 5.74) is 1.78. The smallest absolute Gasteiger partial charge is 0.739 e. The van der Waals surface area contributed by atoms with Crippen LogP contribution in [0.3, 0.4) is 0 Å². The van der Waals surface area contributed by atoms with E-state index in [1.54, 1.807) is 6.92 Å². The van der Waals surface area contributed by atoms with E-state index in [4.69, 9.17) is 4.74 Å². The molecule has 2 aromatic rings. The first kappa shape index (κ1) is 25.6. The number of benzene rings is 2. The van der Waals surface area contributed by atoms with Crippen molar-refractivity contribution < 1.29 is 56.9 Å². The minimum atomic E-state index is -4.64. The molecule has 0 spiro atoms. The second-order valence-corrected chi connectivity index (χ2v) is 10.2. The number of carbonyl (C=O) groups excluding carboxylic acids is 2. The van der Waals surface area contributed by atoms with Gasteiger partial charge < -0.3 is 14.2 Å². The van der Waals surface area contributed by atoms with Crippen LogP contribution in [-0.4, -0.2) is 41.2 Å². The number of likely N-dealkylation sites (tertiary alicyclic amines) is 1.